The molecule has 3 aromatic rings. The van der Waals surface area contributed by atoms with Crippen molar-refractivity contribution in [3.63, 3.8) is 0 Å². The average molecular weight is 546 g/mol. The maximum absolute atomic E-state index is 12.8. The molecule has 0 radical (unpaired) electrons. The minimum atomic E-state index is -3.42. The highest BCUT2D eigenvalue weighted by Gasteiger charge is 2.38. The monoisotopic (exact) mass is 545 g/mol. The fourth-order valence-corrected chi connectivity index (χ4v) is 6.47. The highest BCUT2D eigenvalue weighted by Crippen LogP contribution is 2.21. The van der Waals surface area contributed by atoms with E-state index in [1.807, 2.05) is 68.3 Å². The third kappa shape index (κ3) is 7.16. The minimum absolute atomic E-state index is 0.0413. The molecule has 0 aliphatic carbocycles. The van der Waals surface area contributed by atoms with Crippen molar-refractivity contribution in [2.24, 2.45) is 0 Å². The summed E-state index contributed by atoms with van der Waals surface area (Å²) in [4.78, 5) is 14.3. The molecule has 1 aliphatic heterocycles. The molecule has 2 aromatic carbocycles. The topological polar surface area (TPSA) is 97.6 Å². The number of carbonyl (C=O) groups excluding carboxylic acids is 1. The van der Waals surface area contributed by atoms with Crippen LogP contribution in [0.1, 0.15) is 39.2 Å². The Hall–Kier alpha value is -2.79. The van der Waals surface area contributed by atoms with Crippen LogP contribution in [0.3, 0.4) is 0 Å². The largest absolute Gasteiger partial charge is 0.462 e. The number of likely N-dealkylation sites (N-methyl/N-ethyl adjacent to an activating group) is 1. The molecular formula is C26H32ClN5O4S. The predicted molar refractivity (Wildman–Crippen MR) is 142 cm³/mol. The Kier molecular flexibility index (Phi) is 8.63. The first-order valence-electron chi connectivity index (χ1n) is 12.2. The van der Waals surface area contributed by atoms with Gasteiger partial charge in [0.25, 0.3) is 0 Å². The van der Waals surface area contributed by atoms with E-state index in [1.165, 1.54) is 4.31 Å². The van der Waals surface area contributed by atoms with Crippen LogP contribution in [-0.4, -0.2) is 77.1 Å². The number of sulfonamides is 1. The number of nitrogens with zero attached hydrogens (tertiary/aromatic N) is 5. The molecule has 1 saturated heterocycles. The van der Waals surface area contributed by atoms with Crippen molar-refractivity contribution < 1.29 is 17.9 Å². The maximum Gasteiger partial charge on any atom is 0.338 e. The second kappa shape index (κ2) is 11.7. The van der Waals surface area contributed by atoms with Crippen LogP contribution in [0.4, 0.5) is 0 Å². The third-order valence-electron chi connectivity index (χ3n) is 6.39. The molecule has 4 rings (SSSR count). The summed E-state index contributed by atoms with van der Waals surface area (Å²) in [5.41, 5.74) is 4.07. The zero-order valence-corrected chi connectivity index (χ0v) is 22.9. The number of carbonyl (C=O) groups is 1. The van der Waals surface area contributed by atoms with E-state index in [0.29, 0.717) is 42.3 Å². The summed E-state index contributed by atoms with van der Waals surface area (Å²) in [6.45, 7) is 5.78. The smallest absolute Gasteiger partial charge is 0.338 e. The van der Waals surface area contributed by atoms with Gasteiger partial charge in [-0.3, -0.25) is 0 Å². The Morgan fingerprint density at radius 2 is 1.89 bits per heavy atom. The number of hydrogen-bond acceptors (Lipinski definition) is 7. The van der Waals surface area contributed by atoms with Gasteiger partial charge in [0, 0.05) is 24.2 Å². The summed E-state index contributed by atoms with van der Waals surface area (Å²) in [5.74, 6) is -0.300. The molecule has 0 saturated carbocycles. The Morgan fingerprint density at radius 1 is 1.16 bits per heavy atom. The van der Waals surface area contributed by atoms with E-state index in [1.54, 1.807) is 10.9 Å². The second-order valence-electron chi connectivity index (χ2n) is 9.57. The van der Waals surface area contributed by atoms with Crippen molar-refractivity contribution in [3.05, 3.63) is 81.6 Å². The van der Waals surface area contributed by atoms with E-state index in [-0.39, 0.29) is 30.9 Å². The van der Waals surface area contributed by atoms with E-state index >= 15 is 0 Å². The molecule has 1 aromatic heterocycles. The van der Waals surface area contributed by atoms with Crippen LogP contribution < -0.4 is 0 Å². The van der Waals surface area contributed by atoms with Gasteiger partial charge >= 0.3 is 5.97 Å². The van der Waals surface area contributed by atoms with Crippen LogP contribution in [0.15, 0.2) is 48.7 Å². The number of benzene rings is 2. The predicted octanol–water partition coefficient (Wildman–Crippen LogP) is 3.29. The molecule has 1 unspecified atom stereocenters. The molecule has 9 nitrogen and oxygen atoms in total. The first-order chi connectivity index (χ1) is 17.6. The van der Waals surface area contributed by atoms with Crippen LogP contribution in [0.2, 0.25) is 5.02 Å². The van der Waals surface area contributed by atoms with Crippen molar-refractivity contribution in [3.8, 4) is 0 Å². The van der Waals surface area contributed by atoms with Crippen molar-refractivity contribution in [2.45, 2.75) is 39.4 Å². The highest BCUT2D eigenvalue weighted by atomic mass is 35.5. The first-order valence-corrected chi connectivity index (χ1v) is 14.2. The van der Waals surface area contributed by atoms with Gasteiger partial charge in [0.05, 0.1) is 42.9 Å². The van der Waals surface area contributed by atoms with Crippen LogP contribution in [0.5, 0.6) is 0 Å². The van der Waals surface area contributed by atoms with Gasteiger partial charge < -0.3 is 9.64 Å². The number of aryl methyl sites for hydroxylation is 2. The van der Waals surface area contributed by atoms with Crippen LogP contribution in [-0.2, 0) is 27.8 Å². The van der Waals surface area contributed by atoms with Gasteiger partial charge in [-0.2, -0.15) is 4.31 Å². The summed E-state index contributed by atoms with van der Waals surface area (Å²) in [5, 5.41) is 8.93. The third-order valence-corrected chi connectivity index (χ3v) is 8.63. The lowest BCUT2D eigenvalue weighted by molar-refractivity contribution is 0.0486. The fourth-order valence-electron chi connectivity index (χ4n) is 4.49. The number of halogens is 1. The summed E-state index contributed by atoms with van der Waals surface area (Å²) in [6.07, 6.45) is 2.36. The fraction of sp³-hybridized carbons (Fsp3) is 0.423. The zero-order valence-electron chi connectivity index (χ0n) is 21.3. The van der Waals surface area contributed by atoms with E-state index in [9.17, 15) is 13.2 Å². The molecule has 11 heteroatoms. The van der Waals surface area contributed by atoms with Gasteiger partial charge in [-0.1, -0.05) is 52.2 Å². The maximum atomic E-state index is 12.8. The lowest BCUT2D eigenvalue weighted by Crippen LogP contribution is -2.37. The number of ether oxygens (including phenoxy) is 1. The van der Waals surface area contributed by atoms with E-state index in [4.69, 9.17) is 16.3 Å². The highest BCUT2D eigenvalue weighted by molar-refractivity contribution is 7.89. The Morgan fingerprint density at radius 3 is 2.62 bits per heavy atom. The molecule has 1 atom stereocenters. The number of hydrogen-bond donors (Lipinski definition) is 0. The summed E-state index contributed by atoms with van der Waals surface area (Å²) in [6, 6.07) is 13.0. The number of aromatic nitrogens is 3. The number of esters is 1. The lowest BCUT2D eigenvalue weighted by Gasteiger charge is -2.23. The van der Waals surface area contributed by atoms with Gasteiger partial charge in [-0.25, -0.2) is 17.9 Å². The SMILES string of the molecule is Cc1cc(C)cc(C(=O)OCCCN(C)C2CN(Cc3cn(Cc4ccccc4Cl)nn3)S(=O)(=O)C2)c1. The summed E-state index contributed by atoms with van der Waals surface area (Å²) < 4.78 is 34.2. The minimum Gasteiger partial charge on any atom is -0.462 e. The van der Waals surface area contributed by atoms with Gasteiger partial charge in [-0.15, -0.1) is 5.10 Å². The molecule has 37 heavy (non-hydrogen) atoms. The average Bonchev–Trinajstić information content (AvgIpc) is 3.40. The van der Waals surface area contributed by atoms with Gasteiger partial charge in [0.1, 0.15) is 0 Å². The molecule has 0 spiro atoms. The molecule has 0 bridgehead atoms. The Bertz CT molecular complexity index is 1340. The van der Waals surface area contributed by atoms with Crippen LogP contribution in [0, 0.1) is 13.8 Å². The Balaban J connectivity index is 1.25. The molecular weight excluding hydrogens is 514 g/mol. The van der Waals surface area contributed by atoms with Crippen LogP contribution in [0.25, 0.3) is 0 Å². The standard InChI is InChI=1S/C26H32ClN5O4S/c1-19-11-20(2)13-22(12-19)26(33)36-10-6-9-30(3)24-17-32(37(34,35)18-24)16-23-15-31(29-28-23)14-21-7-4-5-8-25(21)27/h4-5,7-8,11-13,15,24H,6,9-10,14,16-18H2,1-3H3. The molecule has 198 valence electrons. The molecule has 0 N–H and O–H groups in total. The normalized spacial score (nSPS) is 17.4. The van der Waals surface area contributed by atoms with Crippen molar-refractivity contribution in [1.29, 1.82) is 0 Å². The van der Waals surface area contributed by atoms with Gasteiger partial charge in [-0.05, 0) is 51.1 Å². The molecule has 2 heterocycles. The van der Waals surface area contributed by atoms with Crippen LogP contribution >= 0.6 is 11.6 Å². The van der Waals surface area contributed by atoms with Gasteiger partial charge in [0.2, 0.25) is 10.0 Å². The molecule has 1 fully saturated rings. The summed E-state index contributed by atoms with van der Waals surface area (Å²) in [7, 11) is -1.52. The van der Waals surface area contributed by atoms with E-state index < -0.39 is 10.0 Å². The second-order valence-corrected chi connectivity index (χ2v) is 12.0. The molecule has 0 amide bonds. The van der Waals surface area contributed by atoms with E-state index in [0.717, 1.165) is 16.7 Å². The Labute approximate surface area is 223 Å². The van der Waals surface area contributed by atoms with Gasteiger partial charge in [0.15, 0.2) is 0 Å². The van der Waals surface area contributed by atoms with Crippen molar-refractivity contribution >= 4 is 27.6 Å². The van der Waals surface area contributed by atoms with Crippen molar-refractivity contribution in [1.82, 2.24) is 24.2 Å². The summed E-state index contributed by atoms with van der Waals surface area (Å²) >= 11 is 6.22. The number of rotatable bonds is 10. The zero-order chi connectivity index (χ0) is 26.6. The van der Waals surface area contributed by atoms with Crippen molar-refractivity contribution in [2.75, 3.05) is 32.5 Å². The quantitative estimate of drug-likeness (QED) is 0.285. The molecule has 1 aliphatic rings. The van der Waals surface area contributed by atoms with E-state index in [2.05, 4.69) is 10.3 Å². The first kappa shape index (κ1) is 27.3. The lowest BCUT2D eigenvalue weighted by atomic mass is 10.1.